The lowest BCUT2D eigenvalue weighted by Gasteiger charge is -2.07. The average molecular weight is 386 g/mol. The molecule has 27 heavy (non-hydrogen) atoms. The number of hydrogen-bond donors (Lipinski definition) is 0. The van der Waals surface area contributed by atoms with Crippen molar-refractivity contribution in [3.8, 4) is 11.5 Å². The van der Waals surface area contributed by atoms with Gasteiger partial charge in [-0.3, -0.25) is 10.1 Å². The number of aromatic nitrogens is 3. The van der Waals surface area contributed by atoms with Gasteiger partial charge in [-0.1, -0.05) is 0 Å². The number of nitro benzene ring substituents is 1. The first-order valence-electron chi connectivity index (χ1n) is 7.64. The topological polar surface area (TPSA) is 109 Å². The minimum atomic E-state index is -0.696. The fraction of sp³-hybridized carbons (Fsp3) is 0.118. The molecule has 0 aliphatic heterocycles. The van der Waals surface area contributed by atoms with Crippen LogP contribution in [0.1, 0.15) is 10.4 Å². The van der Waals surface area contributed by atoms with E-state index in [1.807, 2.05) is 0 Å². The summed E-state index contributed by atoms with van der Waals surface area (Å²) in [4.78, 5) is 23.5. The van der Waals surface area contributed by atoms with E-state index >= 15 is 0 Å². The van der Waals surface area contributed by atoms with Crippen LogP contribution in [0.4, 0.5) is 5.69 Å². The van der Waals surface area contributed by atoms with Crippen molar-refractivity contribution in [3.05, 3.63) is 64.5 Å². The second-order valence-electron chi connectivity index (χ2n) is 5.33. The number of nitro groups is 1. The number of esters is 1. The van der Waals surface area contributed by atoms with Gasteiger partial charge in [-0.2, -0.15) is 0 Å². The SMILES string of the molecule is COc1ccc(OC(=O)c2ccc(Sc3nncn3C)c([N+](=O)[O-])c2)cc1. The fourth-order valence-electron chi connectivity index (χ4n) is 2.15. The van der Waals surface area contributed by atoms with Gasteiger partial charge in [0.05, 0.1) is 22.5 Å². The molecule has 0 fully saturated rings. The summed E-state index contributed by atoms with van der Waals surface area (Å²) in [6.45, 7) is 0. The van der Waals surface area contributed by atoms with E-state index in [0.29, 0.717) is 21.6 Å². The Morgan fingerprint density at radius 1 is 1.19 bits per heavy atom. The summed E-state index contributed by atoms with van der Waals surface area (Å²) in [6.07, 6.45) is 1.49. The molecule has 3 aromatic rings. The quantitative estimate of drug-likeness (QED) is 0.275. The van der Waals surface area contributed by atoms with Gasteiger partial charge in [-0.15, -0.1) is 10.2 Å². The summed E-state index contributed by atoms with van der Waals surface area (Å²) >= 11 is 1.09. The Morgan fingerprint density at radius 2 is 1.89 bits per heavy atom. The minimum Gasteiger partial charge on any atom is -0.497 e. The third kappa shape index (κ3) is 4.23. The normalized spacial score (nSPS) is 10.4. The van der Waals surface area contributed by atoms with Crippen LogP contribution in [-0.4, -0.2) is 32.8 Å². The molecule has 0 N–H and O–H groups in total. The van der Waals surface area contributed by atoms with Crippen LogP contribution in [0.25, 0.3) is 0 Å². The van der Waals surface area contributed by atoms with Gasteiger partial charge >= 0.3 is 5.97 Å². The van der Waals surface area contributed by atoms with Gasteiger partial charge in [0.25, 0.3) is 5.69 Å². The molecule has 2 aromatic carbocycles. The molecule has 0 bridgehead atoms. The van der Waals surface area contributed by atoms with E-state index < -0.39 is 10.9 Å². The zero-order valence-electron chi connectivity index (χ0n) is 14.4. The molecule has 1 aromatic heterocycles. The third-order valence-electron chi connectivity index (χ3n) is 3.53. The fourth-order valence-corrected chi connectivity index (χ4v) is 3.00. The number of nitrogens with zero attached hydrogens (tertiary/aromatic N) is 4. The molecule has 0 radical (unpaired) electrons. The zero-order chi connectivity index (χ0) is 19.4. The number of methoxy groups -OCH3 is 1. The summed E-state index contributed by atoms with van der Waals surface area (Å²) < 4.78 is 11.9. The molecule has 0 atom stereocenters. The number of carbonyl (C=O) groups is 1. The van der Waals surface area contributed by atoms with Crippen LogP contribution in [0.2, 0.25) is 0 Å². The molecule has 0 saturated carbocycles. The Balaban J connectivity index is 1.83. The molecular weight excluding hydrogens is 372 g/mol. The number of rotatable bonds is 6. The van der Waals surface area contributed by atoms with Gasteiger partial charge in [-0.25, -0.2) is 4.79 Å². The number of ether oxygens (including phenoxy) is 2. The first kappa shape index (κ1) is 18.4. The van der Waals surface area contributed by atoms with Gasteiger partial charge in [0, 0.05) is 13.1 Å². The van der Waals surface area contributed by atoms with Crippen LogP contribution < -0.4 is 9.47 Å². The van der Waals surface area contributed by atoms with E-state index in [-0.39, 0.29) is 11.3 Å². The third-order valence-corrected chi connectivity index (χ3v) is 4.65. The van der Waals surface area contributed by atoms with Gasteiger partial charge < -0.3 is 14.0 Å². The lowest BCUT2D eigenvalue weighted by atomic mass is 10.2. The van der Waals surface area contributed by atoms with Gasteiger partial charge in [-0.05, 0) is 48.2 Å². The maximum atomic E-state index is 12.3. The predicted octanol–water partition coefficient (Wildman–Crippen LogP) is 3.10. The first-order chi connectivity index (χ1) is 13.0. The lowest BCUT2D eigenvalue weighted by molar-refractivity contribution is -0.387. The Hall–Kier alpha value is -3.40. The molecular formula is C17H14N4O5S. The van der Waals surface area contributed by atoms with E-state index in [9.17, 15) is 14.9 Å². The zero-order valence-corrected chi connectivity index (χ0v) is 15.2. The number of hydrogen-bond acceptors (Lipinski definition) is 8. The Morgan fingerprint density at radius 3 is 2.48 bits per heavy atom. The highest BCUT2D eigenvalue weighted by atomic mass is 32.2. The van der Waals surface area contributed by atoms with Crippen LogP contribution in [0.3, 0.4) is 0 Å². The lowest BCUT2D eigenvalue weighted by Crippen LogP contribution is -2.09. The van der Waals surface area contributed by atoms with E-state index in [0.717, 1.165) is 11.8 Å². The van der Waals surface area contributed by atoms with Crippen LogP contribution in [-0.2, 0) is 7.05 Å². The average Bonchev–Trinajstić information content (AvgIpc) is 3.07. The number of aryl methyl sites for hydroxylation is 1. The van der Waals surface area contributed by atoms with Crippen molar-refractivity contribution in [2.75, 3.05) is 7.11 Å². The largest absolute Gasteiger partial charge is 0.497 e. The van der Waals surface area contributed by atoms with E-state index in [4.69, 9.17) is 9.47 Å². The summed E-state index contributed by atoms with van der Waals surface area (Å²) in [5.41, 5.74) is -0.146. The number of benzene rings is 2. The van der Waals surface area contributed by atoms with Crippen LogP contribution in [0.15, 0.2) is 58.8 Å². The van der Waals surface area contributed by atoms with Crippen molar-refractivity contribution in [2.45, 2.75) is 10.1 Å². The van der Waals surface area contributed by atoms with Crippen LogP contribution in [0.5, 0.6) is 11.5 Å². The molecule has 138 valence electrons. The Kier molecular flexibility index (Phi) is 5.36. The molecule has 0 spiro atoms. The maximum Gasteiger partial charge on any atom is 0.343 e. The Labute approximate surface area is 158 Å². The molecule has 9 nitrogen and oxygen atoms in total. The monoisotopic (exact) mass is 386 g/mol. The summed E-state index contributed by atoms with van der Waals surface area (Å²) in [7, 11) is 3.26. The van der Waals surface area contributed by atoms with Crippen molar-refractivity contribution in [1.82, 2.24) is 14.8 Å². The number of carbonyl (C=O) groups excluding carboxylic acids is 1. The Bertz CT molecular complexity index is 987. The van der Waals surface area contributed by atoms with E-state index in [1.54, 1.807) is 35.9 Å². The second-order valence-corrected chi connectivity index (χ2v) is 6.34. The van der Waals surface area contributed by atoms with Gasteiger partial charge in [0.1, 0.15) is 17.8 Å². The van der Waals surface area contributed by atoms with Crippen LogP contribution in [0, 0.1) is 10.1 Å². The van der Waals surface area contributed by atoms with E-state index in [1.165, 1.54) is 31.6 Å². The highest BCUT2D eigenvalue weighted by Crippen LogP contribution is 2.34. The highest BCUT2D eigenvalue weighted by Gasteiger charge is 2.21. The minimum absolute atomic E-state index is 0.0693. The predicted molar refractivity (Wildman–Crippen MR) is 96.2 cm³/mol. The van der Waals surface area contributed by atoms with Crippen molar-refractivity contribution >= 4 is 23.4 Å². The van der Waals surface area contributed by atoms with Gasteiger partial charge in [0.2, 0.25) is 0 Å². The highest BCUT2D eigenvalue weighted by molar-refractivity contribution is 7.99. The van der Waals surface area contributed by atoms with Gasteiger partial charge in [0.15, 0.2) is 5.16 Å². The first-order valence-corrected chi connectivity index (χ1v) is 8.46. The van der Waals surface area contributed by atoms with Crippen molar-refractivity contribution in [3.63, 3.8) is 0 Å². The van der Waals surface area contributed by atoms with Crippen LogP contribution >= 0.6 is 11.8 Å². The van der Waals surface area contributed by atoms with E-state index in [2.05, 4.69) is 10.2 Å². The summed E-state index contributed by atoms with van der Waals surface area (Å²) in [5.74, 6) is 0.232. The molecule has 0 saturated heterocycles. The summed E-state index contributed by atoms with van der Waals surface area (Å²) in [5, 5.41) is 19.5. The smallest absolute Gasteiger partial charge is 0.343 e. The van der Waals surface area contributed by atoms with Crippen molar-refractivity contribution in [2.24, 2.45) is 7.05 Å². The molecule has 10 heteroatoms. The van der Waals surface area contributed by atoms with Crippen molar-refractivity contribution < 1.29 is 19.2 Å². The summed E-state index contributed by atoms with van der Waals surface area (Å²) in [6, 6.07) is 10.6. The molecule has 0 aliphatic rings. The van der Waals surface area contributed by atoms with Crippen molar-refractivity contribution in [1.29, 1.82) is 0 Å². The second kappa shape index (κ2) is 7.87. The molecule has 0 unspecified atom stereocenters. The molecule has 1 heterocycles. The molecule has 0 aliphatic carbocycles. The molecule has 0 amide bonds. The molecule has 3 rings (SSSR count). The maximum absolute atomic E-state index is 12.3. The standard InChI is InChI=1S/C17H14N4O5S/c1-20-10-18-19-17(20)27-15-8-3-11(9-14(15)21(23)24)16(22)26-13-6-4-12(25-2)5-7-13/h3-10H,1-2H3.